The molecule has 1 fully saturated rings. The highest BCUT2D eigenvalue weighted by atomic mass is 16.5. The molecule has 0 spiro atoms. The zero-order valence-electron chi connectivity index (χ0n) is 20.1. The highest BCUT2D eigenvalue weighted by Gasteiger charge is 2.34. The first-order valence-electron chi connectivity index (χ1n) is 11.7. The van der Waals surface area contributed by atoms with Gasteiger partial charge in [-0.15, -0.1) is 0 Å². The minimum absolute atomic E-state index is 0.0709. The van der Waals surface area contributed by atoms with Crippen LogP contribution in [0.3, 0.4) is 0 Å². The van der Waals surface area contributed by atoms with Gasteiger partial charge >= 0.3 is 5.97 Å². The predicted octanol–water partition coefficient (Wildman–Crippen LogP) is 3.67. The highest BCUT2D eigenvalue weighted by molar-refractivity contribution is 5.94. The fraction of sp³-hybridized carbons (Fsp3) is 0.385. The second-order valence-corrected chi connectivity index (χ2v) is 8.43. The number of nitrogens with one attached hydrogen (secondary N) is 1. The van der Waals surface area contributed by atoms with Crippen molar-refractivity contribution in [2.24, 2.45) is 0 Å². The first-order chi connectivity index (χ1) is 17.0. The van der Waals surface area contributed by atoms with Crippen molar-refractivity contribution in [2.45, 2.75) is 51.2 Å². The van der Waals surface area contributed by atoms with Crippen molar-refractivity contribution in [1.29, 1.82) is 0 Å². The van der Waals surface area contributed by atoms with Crippen molar-refractivity contribution < 1.29 is 23.8 Å². The molecule has 2 aromatic heterocycles. The molecule has 1 aliphatic rings. The average Bonchev–Trinajstić information content (AvgIpc) is 3.40. The Morgan fingerprint density at radius 3 is 2.69 bits per heavy atom. The molecule has 3 atom stereocenters. The number of pyridine rings is 1. The number of carbonyl (C=O) groups excluding carboxylic acids is 2. The molecule has 4 rings (SSSR count). The summed E-state index contributed by atoms with van der Waals surface area (Å²) < 4.78 is 18.3. The number of rotatable bonds is 8. The van der Waals surface area contributed by atoms with Gasteiger partial charge in [-0.1, -0.05) is 6.07 Å². The van der Waals surface area contributed by atoms with Crippen LogP contribution in [0.2, 0.25) is 0 Å². The van der Waals surface area contributed by atoms with E-state index >= 15 is 0 Å². The summed E-state index contributed by atoms with van der Waals surface area (Å²) in [6.45, 7) is 3.84. The molecule has 1 aromatic carbocycles. The Hall–Kier alpha value is -3.88. The molecular weight excluding hydrogens is 448 g/mol. The fourth-order valence-electron chi connectivity index (χ4n) is 4.52. The molecule has 9 heteroatoms. The standard InChI is InChI=1S/C26H30N4O5/c1-4-34-24-14-18(6-10-23(24)33-3)21-15-20(35-17(2)31)8-9-22(21)29-26(32)19-7-11-25(27-16-19)30-13-5-12-28-30/h5-7,10-14,16,20-22H,4,8-9,15H2,1-3H3,(H,29,32)/t20-,21-,22-/m1/s1. The molecule has 1 N–H and O–H groups in total. The lowest BCUT2D eigenvalue weighted by Crippen LogP contribution is -2.44. The van der Waals surface area contributed by atoms with E-state index in [4.69, 9.17) is 14.2 Å². The van der Waals surface area contributed by atoms with Gasteiger partial charge in [0.25, 0.3) is 5.91 Å². The van der Waals surface area contributed by atoms with Crippen LogP contribution in [0.4, 0.5) is 0 Å². The van der Waals surface area contributed by atoms with Gasteiger partial charge in [-0.05, 0) is 62.1 Å². The number of hydrogen-bond acceptors (Lipinski definition) is 7. The van der Waals surface area contributed by atoms with Crippen molar-refractivity contribution in [3.05, 3.63) is 66.1 Å². The molecule has 184 valence electrons. The maximum Gasteiger partial charge on any atom is 0.302 e. The van der Waals surface area contributed by atoms with E-state index in [1.807, 2.05) is 31.2 Å². The Bertz CT molecular complexity index is 1150. The molecule has 0 aliphatic heterocycles. The summed E-state index contributed by atoms with van der Waals surface area (Å²) in [7, 11) is 1.60. The molecule has 1 saturated carbocycles. The van der Waals surface area contributed by atoms with Gasteiger partial charge in [0, 0.05) is 37.5 Å². The quantitative estimate of drug-likeness (QED) is 0.493. The van der Waals surface area contributed by atoms with E-state index in [9.17, 15) is 9.59 Å². The molecule has 1 aliphatic carbocycles. The minimum atomic E-state index is -0.302. The third-order valence-corrected chi connectivity index (χ3v) is 6.12. The number of ether oxygens (including phenoxy) is 3. The molecule has 9 nitrogen and oxygen atoms in total. The van der Waals surface area contributed by atoms with E-state index in [0.29, 0.717) is 48.7 Å². The van der Waals surface area contributed by atoms with Crippen LogP contribution in [0, 0.1) is 0 Å². The SMILES string of the molecule is CCOc1cc([C@H]2C[C@H](OC(C)=O)CC[C@H]2NC(=O)c2ccc(-n3cccn3)nc2)ccc1OC. The van der Waals surface area contributed by atoms with Crippen molar-refractivity contribution in [3.8, 4) is 17.3 Å². The topological polar surface area (TPSA) is 105 Å². The Kier molecular flexibility index (Phi) is 7.64. The van der Waals surface area contributed by atoms with Crippen molar-refractivity contribution in [2.75, 3.05) is 13.7 Å². The summed E-state index contributed by atoms with van der Waals surface area (Å²) in [5.41, 5.74) is 1.45. The van der Waals surface area contributed by atoms with Gasteiger partial charge < -0.3 is 19.5 Å². The summed E-state index contributed by atoms with van der Waals surface area (Å²) in [6, 6.07) is 10.9. The maximum absolute atomic E-state index is 13.1. The molecule has 0 radical (unpaired) electrons. The van der Waals surface area contributed by atoms with Crippen LogP contribution in [-0.4, -0.2) is 52.5 Å². The molecule has 3 aromatic rings. The van der Waals surface area contributed by atoms with E-state index in [0.717, 1.165) is 5.56 Å². The Labute approximate surface area is 204 Å². The smallest absolute Gasteiger partial charge is 0.302 e. The number of amides is 1. The summed E-state index contributed by atoms with van der Waals surface area (Å²) >= 11 is 0. The molecule has 0 unspecified atom stereocenters. The average molecular weight is 479 g/mol. The lowest BCUT2D eigenvalue weighted by molar-refractivity contribution is -0.148. The zero-order valence-corrected chi connectivity index (χ0v) is 20.1. The Morgan fingerprint density at radius 2 is 2.03 bits per heavy atom. The van der Waals surface area contributed by atoms with Crippen LogP contribution >= 0.6 is 0 Å². The van der Waals surface area contributed by atoms with Crippen molar-refractivity contribution in [3.63, 3.8) is 0 Å². The molecule has 0 bridgehead atoms. The van der Waals surface area contributed by atoms with Crippen LogP contribution in [0.15, 0.2) is 55.0 Å². The van der Waals surface area contributed by atoms with Gasteiger partial charge in [-0.2, -0.15) is 5.10 Å². The lowest BCUT2D eigenvalue weighted by Gasteiger charge is -2.36. The monoisotopic (exact) mass is 478 g/mol. The van der Waals surface area contributed by atoms with Crippen LogP contribution in [-0.2, 0) is 9.53 Å². The van der Waals surface area contributed by atoms with Gasteiger partial charge in [0.05, 0.1) is 19.3 Å². The zero-order chi connectivity index (χ0) is 24.8. The third kappa shape index (κ3) is 5.79. The summed E-state index contributed by atoms with van der Waals surface area (Å²) in [5, 5.41) is 7.33. The van der Waals surface area contributed by atoms with Gasteiger partial charge in [0.15, 0.2) is 17.3 Å². The van der Waals surface area contributed by atoms with Crippen LogP contribution in [0.25, 0.3) is 5.82 Å². The number of carbonyl (C=O) groups is 2. The van der Waals surface area contributed by atoms with Crippen LogP contribution in [0.5, 0.6) is 11.5 Å². The second kappa shape index (κ2) is 11.0. The van der Waals surface area contributed by atoms with E-state index in [2.05, 4.69) is 15.4 Å². The number of aromatic nitrogens is 3. The first-order valence-corrected chi connectivity index (χ1v) is 11.7. The lowest BCUT2D eigenvalue weighted by atomic mass is 9.78. The maximum atomic E-state index is 13.1. The number of methoxy groups -OCH3 is 1. The van der Waals surface area contributed by atoms with Gasteiger partial charge in [0.2, 0.25) is 0 Å². The van der Waals surface area contributed by atoms with E-state index in [1.54, 1.807) is 42.5 Å². The Balaban J connectivity index is 1.55. The predicted molar refractivity (Wildman–Crippen MR) is 129 cm³/mol. The normalized spacial score (nSPS) is 19.6. The van der Waals surface area contributed by atoms with E-state index in [1.165, 1.54) is 6.92 Å². The summed E-state index contributed by atoms with van der Waals surface area (Å²) in [4.78, 5) is 29.1. The Morgan fingerprint density at radius 1 is 1.17 bits per heavy atom. The largest absolute Gasteiger partial charge is 0.493 e. The molecule has 0 saturated heterocycles. The summed E-state index contributed by atoms with van der Waals surface area (Å²) in [6.07, 6.45) is 6.74. The van der Waals surface area contributed by atoms with E-state index < -0.39 is 0 Å². The number of benzene rings is 1. The molecule has 35 heavy (non-hydrogen) atoms. The van der Waals surface area contributed by atoms with Gasteiger partial charge in [-0.3, -0.25) is 9.59 Å². The molecular formula is C26H30N4O5. The van der Waals surface area contributed by atoms with Crippen molar-refractivity contribution in [1.82, 2.24) is 20.1 Å². The number of nitrogens with zero attached hydrogens (tertiary/aromatic N) is 3. The first kappa shape index (κ1) is 24.3. The minimum Gasteiger partial charge on any atom is -0.493 e. The molecule has 1 amide bonds. The van der Waals surface area contributed by atoms with Crippen LogP contribution < -0.4 is 14.8 Å². The third-order valence-electron chi connectivity index (χ3n) is 6.12. The highest BCUT2D eigenvalue weighted by Crippen LogP contribution is 2.38. The number of hydrogen-bond donors (Lipinski definition) is 1. The summed E-state index contributed by atoms with van der Waals surface area (Å²) in [5.74, 6) is 1.34. The van der Waals surface area contributed by atoms with Gasteiger partial charge in [-0.25, -0.2) is 9.67 Å². The van der Waals surface area contributed by atoms with Crippen molar-refractivity contribution >= 4 is 11.9 Å². The van der Waals surface area contributed by atoms with Gasteiger partial charge in [0.1, 0.15) is 6.10 Å². The van der Waals surface area contributed by atoms with E-state index in [-0.39, 0.29) is 29.9 Å². The number of esters is 1. The fourth-order valence-corrected chi connectivity index (χ4v) is 4.52. The van der Waals surface area contributed by atoms with Crippen LogP contribution in [0.1, 0.15) is 54.9 Å². The molecule has 2 heterocycles. The second-order valence-electron chi connectivity index (χ2n) is 8.43.